The number of benzene rings is 9. The van der Waals surface area contributed by atoms with Crippen LogP contribution < -0.4 is 10.2 Å². The summed E-state index contributed by atoms with van der Waals surface area (Å²) in [7, 11) is 0. The summed E-state index contributed by atoms with van der Waals surface area (Å²) >= 11 is 0. The number of hydrogen-bond donors (Lipinski definition) is 1. The summed E-state index contributed by atoms with van der Waals surface area (Å²) in [5.74, 6) is 1.43. The number of amidine groups is 2. The van der Waals surface area contributed by atoms with Gasteiger partial charge in [0.15, 0.2) is 5.84 Å². The molecular weight excluding hydrogens is 733 g/mol. The highest BCUT2D eigenvalue weighted by atomic mass is 16.3. The fourth-order valence-electron chi connectivity index (χ4n) is 8.37. The minimum absolute atomic E-state index is 0.312. The van der Waals surface area contributed by atoms with E-state index in [0.29, 0.717) is 5.84 Å². The van der Waals surface area contributed by atoms with Gasteiger partial charge in [0.1, 0.15) is 23.2 Å². The number of nitrogens with one attached hydrogen (secondary N) is 1. The third kappa shape index (κ3) is 6.48. The van der Waals surface area contributed by atoms with Crippen LogP contribution in [-0.4, -0.2) is 11.7 Å². The first-order chi connectivity index (χ1) is 29.7. The summed E-state index contributed by atoms with van der Waals surface area (Å²) in [5, 5.41) is 8.01. The smallest absolute Gasteiger partial charge is 0.160 e. The van der Waals surface area contributed by atoms with Gasteiger partial charge in [0.05, 0.1) is 0 Å². The Morgan fingerprint density at radius 3 is 1.88 bits per heavy atom. The lowest BCUT2D eigenvalue weighted by Crippen LogP contribution is -2.33. The summed E-state index contributed by atoms with van der Waals surface area (Å²) in [4.78, 5) is 12.8. The van der Waals surface area contributed by atoms with Crippen molar-refractivity contribution in [1.29, 1.82) is 0 Å². The molecule has 0 saturated heterocycles. The van der Waals surface area contributed by atoms with Gasteiger partial charge in [0.2, 0.25) is 0 Å². The average Bonchev–Trinajstić information content (AvgIpc) is 3.72. The van der Waals surface area contributed by atoms with Crippen molar-refractivity contribution >= 4 is 61.4 Å². The number of nitrogens with zero attached hydrogens (tertiary/aromatic N) is 3. The van der Waals surface area contributed by atoms with Crippen LogP contribution in [0.2, 0.25) is 0 Å². The molecule has 1 aromatic heterocycles. The molecule has 1 atom stereocenters. The van der Waals surface area contributed by atoms with E-state index in [9.17, 15) is 0 Å². The maximum atomic E-state index is 6.78. The molecule has 0 bridgehead atoms. The highest BCUT2D eigenvalue weighted by Gasteiger charge is 2.25. The predicted octanol–water partition coefficient (Wildman–Crippen LogP) is 14.0. The minimum atomic E-state index is -0.312. The van der Waals surface area contributed by atoms with E-state index >= 15 is 0 Å². The molecule has 60 heavy (non-hydrogen) atoms. The Kier molecular flexibility index (Phi) is 8.82. The van der Waals surface area contributed by atoms with Gasteiger partial charge in [0, 0.05) is 44.5 Å². The van der Waals surface area contributed by atoms with Crippen molar-refractivity contribution in [1.82, 2.24) is 5.32 Å². The summed E-state index contributed by atoms with van der Waals surface area (Å²) in [6, 6.07) is 76.4. The Morgan fingerprint density at radius 2 is 1.08 bits per heavy atom. The standard InChI is InChI=1S/C55H38N4O/c1-4-15-37(16-5-1)43-23-14-24-45(35-43)59(46-32-27-38-17-10-11-22-42(38)36-46)44-30-28-39(29-31-44)47-33-34-49(51-48-25-12-13-26-50(48)60-52(47)51)55-57-53(40-18-6-2-7-19-40)56-54(58-55)41-20-8-3-9-21-41/h1-36,53H,(H,56,57,58). The first-order valence-corrected chi connectivity index (χ1v) is 20.3. The van der Waals surface area contributed by atoms with Crippen molar-refractivity contribution in [3.63, 3.8) is 0 Å². The molecule has 0 fully saturated rings. The zero-order chi connectivity index (χ0) is 39.8. The van der Waals surface area contributed by atoms with Crippen LogP contribution in [0.15, 0.2) is 233 Å². The Morgan fingerprint density at radius 1 is 0.450 bits per heavy atom. The lowest BCUT2D eigenvalue weighted by Gasteiger charge is -2.26. The molecule has 1 aliphatic rings. The molecule has 5 heteroatoms. The van der Waals surface area contributed by atoms with E-state index in [0.717, 1.165) is 78.2 Å². The highest BCUT2D eigenvalue weighted by molar-refractivity contribution is 6.23. The van der Waals surface area contributed by atoms with Crippen LogP contribution in [0, 0.1) is 0 Å². The number of furan rings is 1. The van der Waals surface area contributed by atoms with Gasteiger partial charge < -0.3 is 14.6 Å². The molecule has 11 rings (SSSR count). The molecule has 2 heterocycles. The maximum absolute atomic E-state index is 6.78. The predicted molar refractivity (Wildman–Crippen MR) is 249 cm³/mol. The number of hydrogen-bond acceptors (Lipinski definition) is 5. The number of rotatable bonds is 8. The number of para-hydroxylation sites is 1. The molecule has 5 nitrogen and oxygen atoms in total. The van der Waals surface area contributed by atoms with Gasteiger partial charge in [-0.05, 0) is 87.6 Å². The summed E-state index contributed by atoms with van der Waals surface area (Å²) in [5.41, 5.74) is 12.2. The molecule has 10 aromatic rings. The second kappa shape index (κ2) is 15.1. The van der Waals surface area contributed by atoms with E-state index in [4.69, 9.17) is 14.4 Å². The molecule has 0 aliphatic carbocycles. The van der Waals surface area contributed by atoms with Crippen LogP contribution >= 0.6 is 0 Å². The van der Waals surface area contributed by atoms with Crippen molar-refractivity contribution in [2.45, 2.75) is 6.17 Å². The van der Waals surface area contributed by atoms with Crippen LogP contribution in [0.1, 0.15) is 22.9 Å². The Balaban J connectivity index is 1.04. The Bertz CT molecular complexity index is 3230. The van der Waals surface area contributed by atoms with Gasteiger partial charge in [0.25, 0.3) is 0 Å². The van der Waals surface area contributed by atoms with Gasteiger partial charge in [-0.3, -0.25) is 0 Å². The van der Waals surface area contributed by atoms with Crippen molar-refractivity contribution < 1.29 is 4.42 Å². The fraction of sp³-hybridized carbons (Fsp3) is 0.0182. The first kappa shape index (κ1) is 35.2. The zero-order valence-corrected chi connectivity index (χ0v) is 32.6. The number of aliphatic imine (C=N–C) groups is 2. The third-order valence-corrected chi connectivity index (χ3v) is 11.3. The third-order valence-electron chi connectivity index (χ3n) is 11.3. The average molecular weight is 771 g/mol. The second-order valence-electron chi connectivity index (χ2n) is 15.0. The normalized spacial score (nSPS) is 13.8. The second-order valence-corrected chi connectivity index (χ2v) is 15.0. The molecule has 0 radical (unpaired) electrons. The van der Waals surface area contributed by atoms with E-state index in [1.807, 2.05) is 48.5 Å². The van der Waals surface area contributed by atoms with Gasteiger partial charge in [-0.1, -0.05) is 164 Å². The van der Waals surface area contributed by atoms with E-state index in [-0.39, 0.29) is 6.17 Å². The lowest BCUT2D eigenvalue weighted by molar-refractivity contribution is 0.669. The van der Waals surface area contributed by atoms with Gasteiger partial charge in [-0.25, -0.2) is 9.98 Å². The SMILES string of the molecule is c1ccc(C2=NC(c3ccc(-c4ccc(N(c5cccc(-c6ccccc6)c5)c5ccc6ccccc6c5)cc4)c4oc5ccccc5c34)=NC(c3ccccc3)N2)cc1. The number of anilines is 3. The number of fused-ring (bicyclic) bond motifs is 4. The molecule has 0 amide bonds. The Hall–Kier alpha value is -8.02. The van der Waals surface area contributed by atoms with Crippen LogP contribution in [0.3, 0.4) is 0 Å². The van der Waals surface area contributed by atoms with Crippen molar-refractivity contribution in [2.75, 3.05) is 4.90 Å². The fourth-order valence-corrected chi connectivity index (χ4v) is 8.37. The molecular formula is C55H38N4O. The maximum Gasteiger partial charge on any atom is 0.160 e. The van der Waals surface area contributed by atoms with Crippen molar-refractivity contribution in [2.24, 2.45) is 9.98 Å². The minimum Gasteiger partial charge on any atom is -0.455 e. The lowest BCUT2D eigenvalue weighted by atomic mass is 9.97. The molecule has 1 unspecified atom stereocenters. The van der Waals surface area contributed by atoms with Gasteiger partial charge in [-0.2, -0.15) is 0 Å². The van der Waals surface area contributed by atoms with Crippen LogP contribution in [0.4, 0.5) is 17.1 Å². The summed E-state index contributed by atoms with van der Waals surface area (Å²) < 4.78 is 6.78. The summed E-state index contributed by atoms with van der Waals surface area (Å²) in [6.07, 6.45) is -0.312. The topological polar surface area (TPSA) is 53.1 Å². The molecule has 1 aliphatic heterocycles. The van der Waals surface area contributed by atoms with Crippen LogP contribution in [0.25, 0.3) is 55.0 Å². The molecule has 0 saturated carbocycles. The highest BCUT2D eigenvalue weighted by Crippen LogP contribution is 2.42. The van der Waals surface area contributed by atoms with Crippen molar-refractivity contribution in [3.05, 3.63) is 235 Å². The van der Waals surface area contributed by atoms with Gasteiger partial charge >= 0.3 is 0 Å². The van der Waals surface area contributed by atoms with E-state index in [1.54, 1.807) is 0 Å². The van der Waals surface area contributed by atoms with E-state index in [2.05, 4.69) is 180 Å². The largest absolute Gasteiger partial charge is 0.455 e. The Labute approximate surface area is 348 Å². The van der Waals surface area contributed by atoms with Crippen molar-refractivity contribution in [3.8, 4) is 22.3 Å². The zero-order valence-electron chi connectivity index (χ0n) is 32.6. The monoisotopic (exact) mass is 770 g/mol. The summed E-state index contributed by atoms with van der Waals surface area (Å²) in [6.45, 7) is 0. The molecule has 284 valence electrons. The quantitative estimate of drug-likeness (QED) is 0.167. The van der Waals surface area contributed by atoms with E-state index in [1.165, 1.54) is 16.3 Å². The van der Waals surface area contributed by atoms with Gasteiger partial charge in [-0.15, -0.1) is 0 Å². The molecule has 9 aromatic carbocycles. The van der Waals surface area contributed by atoms with E-state index < -0.39 is 0 Å². The molecule has 0 spiro atoms. The molecule has 1 N–H and O–H groups in total. The van der Waals surface area contributed by atoms with Crippen LogP contribution in [-0.2, 0) is 0 Å². The first-order valence-electron chi connectivity index (χ1n) is 20.3. The van der Waals surface area contributed by atoms with Crippen LogP contribution in [0.5, 0.6) is 0 Å².